The molecule has 0 aromatic heterocycles. The number of ether oxygens (including phenoxy) is 8. The van der Waals surface area contributed by atoms with Gasteiger partial charge in [0.1, 0.15) is 11.7 Å². The van der Waals surface area contributed by atoms with E-state index in [1.165, 1.54) is 0 Å². The second-order valence-electron chi connectivity index (χ2n) is 7.80. The van der Waals surface area contributed by atoms with Gasteiger partial charge in [-0.1, -0.05) is 6.92 Å². The van der Waals surface area contributed by atoms with Gasteiger partial charge in [-0.3, -0.25) is 10.8 Å². The molecular formula is C24H45N3O10. The molecule has 1 fully saturated rings. The lowest BCUT2D eigenvalue weighted by Crippen LogP contribution is -2.31. The van der Waals surface area contributed by atoms with Gasteiger partial charge in [-0.15, -0.1) is 5.06 Å². The summed E-state index contributed by atoms with van der Waals surface area (Å²) in [6.45, 7) is 9.94. The molecule has 1 saturated heterocycles. The van der Waals surface area contributed by atoms with Gasteiger partial charge in [-0.05, 0) is 6.42 Å². The second kappa shape index (κ2) is 24.6. The lowest BCUT2D eigenvalue weighted by Gasteiger charge is -2.16. The molecule has 37 heavy (non-hydrogen) atoms. The van der Waals surface area contributed by atoms with Gasteiger partial charge in [0.2, 0.25) is 0 Å². The number of carbonyl (C=O) groups excluding carboxylic acids is 1. The molecule has 0 spiro atoms. The first-order chi connectivity index (χ1) is 18.1. The normalized spacial score (nSPS) is 13.6. The van der Waals surface area contributed by atoms with Crippen molar-refractivity contribution in [3.05, 3.63) is 0 Å². The molecule has 13 heteroatoms. The van der Waals surface area contributed by atoms with Crippen molar-refractivity contribution in [3.63, 3.8) is 0 Å². The van der Waals surface area contributed by atoms with Gasteiger partial charge in [0.05, 0.1) is 106 Å². The molecule has 1 heterocycles. The van der Waals surface area contributed by atoms with Crippen molar-refractivity contribution in [2.45, 2.75) is 32.6 Å². The van der Waals surface area contributed by atoms with Crippen molar-refractivity contribution in [2.75, 3.05) is 106 Å². The van der Waals surface area contributed by atoms with Crippen LogP contribution in [0.1, 0.15) is 32.6 Å². The number of rotatable bonds is 27. The number of amidine groups is 2. The largest absolute Gasteiger partial charge is 0.379 e. The first-order valence-electron chi connectivity index (χ1n) is 12.9. The number of hydrogen-bond acceptors (Lipinski definition) is 12. The predicted molar refractivity (Wildman–Crippen MR) is 134 cm³/mol. The smallest absolute Gasteiger partial charge is 0.335 e. The third-order valence-corrected chi connectivity index (χ3v) is 4.69. The number of nitrogens with one attached hydrogen (secondary N) is 2. The summed E-state index contributed by atoms with van der Waals surface area (Å²) >= 11 is 0. The van der Waals surface area contributed by atoms with E-state index in [-0.39, 0.29) is 24.7 Å². The highest BCUT2D eigenvalue weighted by Gasteiger charge is 2.26. The fourth-order valence-electron chi connectivity index (χ4n) is 2.80. The second-order valence-corrected chi connectivity index (χ2v) is 7.80. The van der Waals surface area contributed by atoms with Crippen LogP contribution in [0.4, 0.5) is 0 Å². The maximum atomic E-state index is 11.7. The van der Waals surface area contributed by atoms with Crippen molar-refractivity contribution < 1.29 is 47.5 Å². The van der Waals surface area contributed by atoms with E-state index in [1.807, 2.05) is 0 Å². The standard InChI is InChI=1S/C24H45N3O10/c1-2-6-29-8-10-31-12-14-33-16-18-35-20-21-36-19-17-34-15-13-32-11-9-30-7-5-24(28)37-27-22(25)3-4-23(27)26/h25-26H,2-21H2,1H3. The molecule has 0 amide bonds. The van der Waals surface area contributed by atoms with Crippen LogP contribution in [-0.4, -0.2) is 128 Å². The summed E-state index contributed by atoms with van der Waals surface area (Å²) in [5, 5.41) is 16.2. The van der Waals surface area contributed by atoms with Gasteiger partial charge in [0.25, 0.3) is 0 Å². The summed E-state index contributed by atoms with van der Waals surface area (Å²) in [6, 6.07) is 0. The minimum Gasteiger partial charge on any atom is -0.379 e. The van der Waals surface area contributed by atoms with Crippen LogP contribution in [0.25, 0.3) is 0 Å². The molecule has 0 bridgehead atoms. The van der Waals surface area contributed by atoms with Crippen LogP contribution in [0, 0.1) is 10.8 Å². The molecule has 216 valence electrons. The van der Waals surface area contributed by atoms with Crippen molar-refractivity contribution >= 4 is 17.6 Å². The highest BCUT2D eigenvalue weighted by molar-refractivity contribution is 6.04. The molecule has 0 saturated carbocycles. The van der Waals surface area contributed by atoms with Crippen LogP contribution in [0.2, 0.25) is 0 Å². The van der Waals surface area contributed by atoms with Gasteiger partial charge in [0.15, 0.2) is 0 Å². The van der Waals surface area contributed by atoms with E-state index in [9.17, 15) is 4.79 Å². The van der Waals surface area contributed by atoms with E-state index in [0.29, 0.717) is 105 Å². The highest BCUT2D eigenvalue weighted by atomic mass is 16.7. The molecule has 2 N–H and O–H groups in total. The average molecular weight is 536 g/mol. The lowest BCUT2D eigenvalue weighted by molar-refractivity contribution is -0.163. The molecule has 1 aliphatic rings. The fourth-order valence-corrected chi connectivity index (χ4v) is 2.80. The number of hydroxylamine groups is 2. The van der Waals surface area contributed by atoms with Crippen LogP contribution in [0.3, 0.4) is 0 Å². The van der Waals surface area contributed by atoms with Crippen LogP contribution in [0.15, 0.2) is 0 Å². The first-order valence-corrected chi connectivity index (χ1v) is 12.9. The van der Waals surface area contributed by atoms with Crippen molar-refractivity contribution in [1.82, 2.24) is 5.06 Å². The predicted octanol–water partition coefficient (Wildman–Crippen LogP) is 1.43. The van der Waals surface area contributed by atoms with E-state index < -0.39 is 5.97 Å². The molecular weight excluding hydrogens is 490 g/mol. The summed E-state index contributed by atoms with van der Waals surface area (Å²) in [4.78, 5) is 16.7. The van der Waals surface area contributed by atoms with Gasteiger partial charge < -0.3 is 42.7 Å². The van der Waals surface area contributed by atoms with E-state index in [1.54, 1.807) is 0 Å². The van der Waals surface area contributed by atoms with E-state index >= 15 is 0 Å². The Balaban J connectivity index is 1.69. The summed E-state index contributed by atoms with van der Waals surface area (Å²) in [5.74, 6) is -0.293. The lowest BCUT2D eigenvalue weighted by atomic mass is 10.4. The van der Waals surface area contributed by atoms with Gasteiger partial charge in [-0.25, -0.2) is 4.79 Å². The van der Waals surface area contributed by atoms with E-state index in [0.717, 1.165) is 18.1 Å². The topological polar surface area (TPSA) is 151 Å². The zero-order valence-corrected chi connectivity index (χ0v) is 22.2. The molecule has 0 aromatic rings. The van der Waals surface area contributed by atoms with Gasteiger partial charge in [-0.2, -0.15) is 0 Å². The fraction of sp³-hybridized carbons (Fsp3) is 0.875. The Bertz CT molecular complexity index is 581. The van der Waals surface area contributed by atoms with Crippen molar-refractivity contribution in [2.24, 2.45) is 0 Å². The van der Waals surface area contributed by atoms with E-state index in [2.05, 4.69) is 6.92 Å². The Morgan fingerprint density at radius 2 is 0.865 bits per heavy atom. The Kier molecular flexibility index (Phi) is 22.2. The van der Waals surface area contributed by atoms with Crippen LogP contribution in [-0.2, 0) is 47.5 Å². The third kappa shape index (κ3) is 20.0. The average Bonchev–Trinajstić information content (AvgIpc) is 3.20. The molecule has 0 aromatic carbocycles. The Morgan fingerprint density at radius 1 is 0.568 bits per heavy atom. The van der Waals surface area contributed by atoms with Gasteiger partial charge >= 0.3 is 5.97 Å². The number of hydrogen-bond donors (Lipinski definition) is 2. The van der Waals surface area contributed by atoms with Crippen LogP contribution in [0.5, 0.6) is 0 Å². The van der Waals surface area contributed by atoms with Crippen molar-refractivity contribution in [3.8, 4) is 0 Å². The molecule has 1 rings (SSSR count). The third-order valence-electron chi connectivity index (χ3n) is 4.69. The molecule has 1 aliphatic heterocycles. The summed E-state index contributed by atoms with van der Waals surface area (Å²) in [7, 11) is 0. The summed E-state index contributed by atoms with van der Waals surface area (Å²) in [5.41, 5.74) is 0. The quantitative estimate of drug-likeness (QED) is 0.147. The maximum absolute atomic E-state index is 11.7. The molecule has 0 unspecified atom stereocenters. The number of carbonyl (C=O) groups is 1. The molecule has 0 atom stereocenters. The molecule has 0 radical (unpaired) electrons. The molecule has 13 nitrogen and oxygen atoms in total. The first kappa shape index (κ1) is 33.3. The minimum absolute atomic E-state index is 0.0459. The zero-order chi connectivity index (χ0) is 26.8. The summed E-state index contributed by atoms with van der Waals surface area (Å²) < 4.78 is 43.1. The van der Waals surface area contributed by atoms with Gasteiger partial charge in [0, 0.05) is 19.4 Å². The van der Waals surface area contributed by atoms with Crippen LogP contribution >= 0.6 is 0 Å². The Hall–Kier alpha value is -1.71. The van der Waals surface area contributed by atoms with Crippen LogP contribution < -0.4 is 0 Å². The Morgan fingerprint density at radius 3 is 1.19 bits per heavy atom. The minimum atomic E-state index is -0.533. The zero-order valence-electron chi connectivity index (χ0n) is 22.2. The highest BCUT2D eigenvalue weighted by Crippen LogP contribution is 2.13. The number of nitrogens with zero attached hydrogens (tertiary/aromatic N) is 1. The van der Waals surface area contributed by atoms with Crippen molar-refractivity contribution in [1.29, 1.82) is 10.8 Å². The maximum Gasteiger partial charge on any atom is 0.335 e. The SMILES string of the molecule is CCCOCCOCCOCCOCCOCCOCCOCCOCCC(=O)ON1C(=N)CCC1=N. The molecule has 0 aliphatic carbocycles. The monoisotopic (exact) mass is 535 g/mol. The van der Waals surface area contributed by atoms with E-state index in [4.69, 9.17) is 53.6 Å². The summed E-state index contributed by atoms with van der Waals surface area (Å²) in [6.07, 6.45) is 1.89. The Labute approximate surface area is 219 Å².